The number of benzene rings is 2. The first-order valence-corrected chi connectivity index (χ1v) is 9.46. The highest BCUT2D eigenvalue weighted by Crippen LogP contribution is 2.33. The van der Waals surface area contributed by atoms with Crippen LogP contribution in [0.2, 0.25) is 0 Å². The van der Waals surface area contributed by atoms with E-state index in [2.05, 4.69) is 27.3 Å². The maximum Gasteiger partial charge on any atom is 0.166 e. The molecule has 0 unspecified atom stereocenters. The zero-order chi connectivity index (χ0) is 20.7. The molecule has 0 fully saturated rings. The van der Waals surface area contributed by atoms with Crippen LogP contribution in [-0.4, -0.2) is 24.3 Å². The number of fused-ring (bicyclic) bond motifs is 5. The predicted octanol–water partition coefficient (Wildman–Crippen LogP) is 3.53. The van der Waals surface area contributed by atoms with Crippen LogP contribution in [0, 0.1) is 24.1 Å². The second kappa shape index (κ2) is 7.21. The number of hydrogen-bond acceptors (Lipinski definition) is 5. The van der Waals surface area contributed by atoms with Crippen molar-refractivity contribution in [2.24, 2.45) is 0 Å². The van der Waals surface area contributed by atoms with Crippen molar-refractivity contribution in [3.63, 3.8) is 0 Å². The Labute approximate surface area is 172 Å². The van der Waals surface area contributed by atoms with Crippen LogP contribution >= 0.6 is 0 Å². The van der Waals surface area contributed by atoms with Gasteiger partial charge in [-0.3, -0.25) is 4.57 Å². The summed E-state index contributed by atoms with van der Waals surface area (Å²) in [6.07, 6.45) is 1.67. The average molecular weight is 400 g/mol. The van der Waals surface area contributed by atoms with Crippen LogP contribution < -0.4 is 0 Å². The molecule has 2 aromatic heterocycles. The molecule has 7 nitrogen and oxygen atoms in total. The zero-order valence-electron chi connectivity index (χ0n) is 16.2. The van der Waals surface area contributed by atoms with Crippen molar-refractivity contribution >= 4 is 0 Å². The van der Waals surface area contributed by atoms with E-state index in [4.69, 9.17) is 4.74 Å². The van der Waals surface area contributed by atoms with E-state index in [9.17, 15) is 9.65 Å². The van der Waals surface area contributed by atoms with Gasteiger partial charge in [0.2, 0.25) is 0 Å². The van der Waals surface area contributed by atoms with E-state index in [0.717, 1.165) is 33.9 Å². The van der Waals surface area contributed by atoms with Crippen LogP contribution in [0.4, 0.5) is 4.39 Å². The van der Waals surface area contributed by atoms with Crippen molar-refractivity contribution < 1.29 is 9.13 Å². The van der Waals surface area contributed by atoms with Crippen LogP contribution in [0.25, 0.3) is 17.1 Å². The number of hydrogen-bond donors (Lipinski definition) is 0. The number of nitrogens with zero attached hydrogens (tertiary/aromatic N) is 6. The maximum atomic E-state index is 13.1. The molecule has 0 saturated heterocycles. The van der Waals surface area contributed by atoms with Crippen LogP contribution in [0.1, 0.15) is 28.3 Å². The second-order valence-electron chi connectivity index (χ2n) is 7.19. The molecular formula is C22H17FN6O. The fourth-order valence-corrected chi connectivity index (χ4v) is 3.66. The highest BCUT2D eigenvalue weighted by Gasteiger charge is 2.25. The van der Waals surface area contributed by atoms with Crippen molar-refractivity contribution in [3.05, 3.63) is 82.9 Å². The highest BCUT2D eigenvalue weighted by molar-refractivity contribution is 5.70. The van der Waals surface area contributed by atoms with Gasteiger partial charge in [-0.15, -0.1) is 10.2 Å². The summed E-state index contributed by atoms with van der Waals surface area (Å²) in [6, 6.07) is 14.5. The number of rotatable bonds is 4. The number of imidazole rings is 1. The third-order valence-corrected chi connectivity index (χ3v) is 5.17. The Morgan fingerprint density at radius 3 is 2.77 bits per heavy atom. The lowest BCUT2D eigenvalue weighted by Gasteiger charge is -2.09. The van der Waals surface area contributed by atoms with Crippen molar-refractivity contribution in [2.45, 2.75) is 26.7 Å². The molecule has 0 spiro atoms. The van der Waals surface area contributed by atoms with Gasteiger partial charge in [0.1, 0.15) is 24.8 Å². The summed E-state index contributed by atoms with van der Waals surface area (Å²) in [5, 5.41) is 18.3. The fraction of sp³-hybridized carbons (Fsp3) is 0.182. The first kappa shape index (κ1) is 18.2. The average Bonchev–Trinajstić information content (AvgIpc) is 3.31. The smallest absolute Gasteiger partial charge is 0.166 e. The Hall–Kier alpha value is -3.83. The van der Waals surface area contributed by atoms with Gasteiger partial charge >= 0.3 is 0 Å². The van der Waals surface area contributed by atoms with Crippen molar-refractivity contribution in [2.75, 3.05) is 0 Å². The molecule has 148 valence electrons. The molecule has 2 aromatic carbocycles. The monoisotopic (exact) mass is 400 g/mol. The molecule has 1 aliphatic heterocycles. The Morgan fingerprint density at radius 1 is 1.13 bits per heavy atom. The van der Waals surface area contributed by atoms with Gasteiger partial charge < -0.3 is 9.30 Å². The Kier molecular flexibility index (Phi) is 4.38. The summed E-state index contributed by atoms with van der Waals surface area (Å²) >= 11 is 0. The summed E-state index contributed by atoms with van der Waals surface area (Å²) in [5.41, 5.74) is 4.96. The fourth-order valence-electron chi connectivity index (χ4n) is 3.66. The number of aromatic nitrogens is 5. The summed E-state index contributed by atoms with van der Waals surface area (Å²) in [4.78, 5) is 4.26. The van der Waals surface area contributed by atoms with E-state index in [-0.39, 0.29) is 12.4 Å². The summed E-state index contributed by atoms with van der Waals surface area (Å²) < 4.78 is 22.8. The molecule has 0 atom stereocenters. The van der Waals surface area contributed by atoms with Gasteiger partial charge in [-0.05, 0) is 36.8 Å². The number of aryl methyl sites for hydroxylation is 1. The molecule has 0 saturated carbocycles. The van der Waals surface area contributed by atoms with Crippen LogP contribution in [0.5, 0.6) is 0 Å². The molecule has 0 radical (unpaired) electrons. The van der Waals surface area contributed by atoms with Gasteiger partial charge in [0.15, 0.2) is 17.3 Å². The molecule has 0 aliphatic carbocycles. The first-order valence-electron chi connectivity index (χ1n) is 9.46. The van der Waals surface area contributed by atoms with Crippen LogP contribution in [-0.2, 0) is 24.5 Å². The molecule has 1 aliphatic rings. The quantitative estimate of drug-likeness (QED) is 0.461. The minimum absolute atomic E-state index is 0.238. The van der Waals surface area contributed by atoms with E-state index >= 15 is 0 Å². The highest BCUT2D eigenvalue weighted by atomic mass is 19.1. The standard InChI is InChI=1S/C22H17FN6O/c1-14-2-7-19-17(8-14)22-27-26-21(12-30-11-15-3-5-16(23)6-4-15)28(22)10-20-18(9-24)25-13-29(19)20/h2-8,13H,10-12H2,1H3. The molecule has 5 rings (SSSR count). The van der Waals surface area contributed by atoms with Gasteiger partial charge in [0, 0.05) is 5.56 Å². The third-order valence-electron chi connectivity index (χ3n) is 5.17. The van der Waals surface area contributed by atoms with Gasteiger partial charge in [0.05, 0.1) is 24.5 Å². The molecule has 30 heavy (non-hydrogen) atoms. The largest absolute Gasteiger partial charge is 0.369 e. The second-order valence-corrected chi connectivity index (χ2v) is 7.19. The van der Waals surface area contributed by atoms with Gasteiger partial charge in [-0.2, -0.15) is 5.26 Å². The van der Waals surface area contributed by atoms with Crippen LogP contribution in [0.3, 0.4) is 0 Å². The Balaban J connectivity index is 1.51. The molecule has 0 bridgehead atoms. The maximum absolute atomic E-state index is 13.1. The third kappa shape index (κ3) is 3.06. The molecule has 4 aromatic rings. The van der Waals surface area contributed by atoms with E-state index in [1.165, 1.54) is 12.1 Å². The lowest BCUT2D eigenvalue weighted by atomic mass is 10.1. The zero-order valence-corrected chi connectivity index (χ0v) is 16.2. The van der Waals surface area contributed by atoms with E-state index in [0.29, 0.717) is 24.7 Å². The lowest BCUT2D eigenvalue weighted by Crippen LogP contribution is -2.09. The number of ether oxygens (including phenoxy) is 1. The molecular weight excluding hydrogens is 383 g/mol. The minimum Gasteiger partial charge on any atom is -0.369 e. The number of nitriles is 1. The van der Waals surface area contributed by atoms with Crippen LogP contribution in [0.15, 0.2) is 48.8 Å². The molecule has 0 N–H and O–H groups in total. The van der Waals surface area contributed by atoms with Crippen molar-refractivity contribution in [1.29, 1.82) is 5.26 Å². The van der Waals surface area contributed by atoms with E-state index < -0.39 is 0 Å². The minimum atomic E-state index is -0.277. The SMILES string of the molecule is Cc1ccc2c(c1)-c1nnc(COCc3ccc(F)cc3)n1Cc1c(C#N)ncn1-2. The van der Waals surface area contributed by atoms with Crippen molar-refractivity contribution in [3.8, 4) is 23.1 Å². The summed E-state index contributed by atoms with van der Waals surface area (Å²) in [5.74, 6) is 1.10. The summed E-state index contributed by atoms with van der Waals surface area (Å²) in [6.45, 7) is 3.00. The number of halogens is 1. The Bertz CT molecular complexity index is 1280. The van der Waals surface area contributed by atoms with E-state index in [1.807, 2.05) is 28.2 Å². The molecule has 3 heterocycles. The predicted molar refractivity (Wildman–Crippen MR) is 106 cm³/mol. The van der Waals surface area contributed by atoms with E-state index in [1.54, 1.807) is 18.5 Å². The Morgan fingerprint density at radius 2 is 1.97 bits per heavy atom. The van der Waals surface area contributed by atoms with Crippen molar-refractivity contribution in [1.82, 2.24) is 24.3 Å². The van der Waals surface area contributed by atoms with Gasteiger partial charge in [-0.25, -0.2) is 9.37 Å². The van der Waals surface area contributed by atoms with Gasteiger partial charge in [0.25, 0.3) is 0 Å². The molecule has 8 heteroatoms. The van der Waals surface area contributed by atoms with Gasteiger partial charge in [-0.1, -0.05) is 23.8 Å². The molecule has 0 amide bonds. The topological polar surface area (TPSA) is 81.6 Å². The first-order chi connectivity index (χ1) is 14.6. The normalized spacial score (nSPS) is 11.9. The summed E-state index contributed by atoms with van der Waals surface area (Å²) in [7, 11) is 0. The lowest BCUT2D eigenvalue weighted by molar-refractivity contribution is 0.0993.